The van der Waals surface area contributed by atoms with Crippen molar-refractivity contribution in [2.24, 2.45) is 0 Å². The van der Waals surface area contributed by atoms with Gasteiger partial charge in [0, 0.05) is 38.5 Å². The smallest absolute Gasteiger partial charge is 0.238 e. The third-order valence-corrected chi connectivity index (χ3v) is 9.94. The predicted octanol–water partition coefficient (Wildman–Crippen LogP) is 12.2. The quantitative estimate of drug-likeness (QED) is 0.172. The fourth-order valence-corrected chi connectivity index (χ4v) is 7.70. The lowest BCUT2D eigenvalue weighted by atomic mass is 10.0. The molecule has 0 amide bonds. The van der Waals surface area contributed by atoms with Gasteiger partial charge in [-0.05, 0) is 59.7 Å². The maximum atomic E-state index is 8.29. The lowest BCUT2D eigenvalue weighted by molar-refractivity contribution is 1.17. The second kappa shape index (κ2) is 11.9. The van der Waals surface area contributed by atoms with Crippen molar-refractivity contribution in [2.45, 2.75) is 0 Å². The Morgan fingerprint density at radius 1 is 0.423 bits per heavy atom. The van der Waals surface area contributed by atoms with Crippen molar-refractivity contribution < 1.29 is 0 Å². The Kier molecular flexibility index (Phi) is 6.80. The van der Waals surface area contributed by atoms with Crippen molar-refractivity contribution in [3.05, 3.63) is 187 Å². The Bertz CT molecular complexity index is 2930. The highest BCUT2D eigenvalue weighted by molar-refractivity contribution is 6.21. The van der Waals surface area contributed by atoms with E-state index in [9.17, 15) is 0 Å². The first kappa shape index (κ1) is 29.6. The number of aromatic nitrogens is 4. The molecule has 0 aliphatic carbocycles. The average Bonchev–Trinajstić information content (AvgIpc) is 3.72. The molecule has 242 valence electrons. The minimum Gasteiger partial charge on any atom is -0.309 e. The topological polar surface area (TPSA) is 40.0 Å². The van der Waals surface area contributed by atoms with Crippen LogP contribution in [0, 0.1) is 6.57 Å². The molecule has 0 saturated heterocycles. The molecule has 3 aromatic heterocycles. The summed E-state index contributed by atoms with van der Waals surface area (Å²) in [6.07, 6.45) is 0. The van der Waals surface area contributed by atoms with Gasteiger partial charge >= 0.3 is 0 Å². The van der Waals surface area contributed by atoms with Gasteiger partial charge in [0.2, 0.25) is 5.69 Å². The van der Waals surface area contributed by atoms with Gasteiger partial charge in [-0.3, -0.25) is 0 Å². The van der Waals surface area contributed by atoms with Crippen LogP contribution in [0.25, 0.3) is 93.7 Å². The summed E-state index contributed by atoms with van der Waals surface area (Å²) in [5.41, 5.74) is 11.0. The largest absolute Gasteiger partial charge is 0.309 e. The molecule has 0 radical (unpaired) electrons. The predicted molar refractivity (Wildman–Crippen MR) is 213 cm³/mol. The minimum atomic E-state index is 0.439. The molecule has 0 aliphatic heterocycles. The van der Waals surface area contributed by atoms with Gasteiger partial charge < -0.3 is 9.13 Å². The third-order valence-electron chi connectivity index (χ3n) is 9.94. The van der Waals surface area contributed by atoms with E-state index in [1.54, 1.807) is 0 Å². The number of benzene rings is 7. The fourth-order valence-electron chi connectivity index (χ4n) is 7.70. The van der Waals surface area contributed by atoms with E-state index in [4.69, 9.17) is 16.5 Å². The van der Waals surface area contributed by atoms with E-state index >= 15 is 0 Å². The standard InChI is InChI=1S/C47H29N5/c1-48-46-44(31-17-6-2-7-18-31)49-47(50-45(46)32-19-8-3-9-20-32)36-26-16-28-40-43(36)38-30-41-37(29-42(38)52(40)34-23-12-5-13-24-34)35-25-14-15-27-39(35)51(41)33-21-10-4-11-22-33/h2-30H. The van der Waals surface area contributed by atoms with Crippen LogP contribution in [0.15, 0.2) is 176 Å². The van der Waals surface area contributed by atoms with Gasteiger partial charge in [0.15, 0.2) is 5.82 Å². The molecule has 7 aromatic carbocycles. The molecule has 0 atom stereocenters. The van der Waals surface area contributed by atoms with E-state index in [1.165, 1.54) is 10.8 Å². The Hall–Kier alpha value is -7.29. The molecule has 0 unspecified atom stereocenters. The van der Waals surface area contributed by atoms with Gasteiger partial charge in [-0.25, -0.2) is 14.8 Å². The first-order valence-electron chi connectivity index (χ1n) is 17.3. The first-order valence-corrected chi connectivity index (χ1v) is 17.3. The molecular weight excluding hydrogens is 635 g/mol. The van der Waals surface area contributed by atoms with E-state index in [2.05, 4.69) is 129 Å². The Balaban J connectivity index is 1.36. The van der Waals surface area contributed by atoms with E-state index in [0.29, 0.717) is 22.9 Å². The summed E-state index contributed by atoms with van der Waals surface area (Å²) in [5, 5.41) is 4.54. The van der Waals surface area contributed by atoms with Crippen molar-refractivity contribution in [1.82, 2.24) is 19.1 Å². The van der Waals surface area contributed by atoms with E-state index in [-0.39, 0.29) is 0 Å². The van der Waals surface area contributed by atoms with E-state index < -0.39 is 0 Å². The van der Waals surface area contributed by atoms with Crippen LogP contribution in [0.4, 0.5) is 5.69 Å². The van der Waals surface area contributed by atoms with Crippen molar-refractivity contribution in [1.29, 1.82) is 0 Å². The normalized spacial score (nSPS) is 11.4. The van der Waals surface area contributed by atoms with E-state index in [1.807, 2.05) is 60.7 Å². The monoisotopic (exact) mass is 663 g/mol. The summed E-state index contributed by atoms with van der Waals surface area (Å²) in [7, 11) is 0. The molecule has 0 aliphatic rings. The first-order chi connectivity index (χ1) is 25.8. The number of para-hydroxylation sites is 3. The van der Waals surface area contributed by atoms with Crippen LogP contribution in [-0.4, -0.2) is 19.1 Å². The Morgan fingerprint density at radius 3 is 1.50 bits per heavy atom. The molecule has 5 nitrogen and oxygen atoms in total. The zero-order valence-corrected chi connectivity index (χ0v) is 28.0. The molecule has 0 fully saturated rings. The van der Waals surface area contributed by atoms with Crippen molar-refractivity contribution >= 4 is 49.3 Å². The molecular formula is C47H29N5. The lowest BCUT2D eigenvalue weighted by Crippen LogP contribution is -1.98. The molecule has 3 heterocycles. The zero-order valence-electron chi connectivity index (χ0n) is 28.0. The van der Waals surface area contributed by atoms with Gasteiger partial charge in [-0.2, -0.15) is 0 Å². The number of hydrogen-bond donors (Lipinski definition) is 0. The third kappa shape index (κ3) is 4.56. The van der Waals surface area contributed by atoms with Gasteiger partial charge in [0.25, 0.3) is 0 Å². The van der Waals surface area contributed by atoms with Crippen molar-refractivity contribution in [2.75, 3.05) is 0 Å². The van der Waals surface area contributed by atoms with Gasteiger partial charge in [-0.15, -0.1) is 0 Å². The number of fused-ring (bicyclic) bond motifs is 6. The highest BCUT2D eigenvalue weighted by atomic mass is 15.0. The van der Waals surface area contributed by atoms with Crippen LogP contribution in [0.5, 0.6) is 0 Å². The highest BCUT2D eigenvalue weighted by Crippen LogP contribution is 2.44. The number of rotatable bonds is 5. The van der Waals surface area contributed by atoms with Crippen molar-refractivity contribution in [3.63, 3.8) is 0 Å². The Morgan fingerprint density at radius 2 is 0.904 bits per heavy atom. The molecule has 0 bridgehead atoms. The average molecular weight is 664 g/mol. The molecule has 0 saturated carbocycles. The van der Waals surface area contributed by atoms with Gasteiger partial charge in [0.05, 0.1) is 40.0 Å². The van der Waals surface area contributed by atoms with Crippen LogP contribution < -0.4 is 0 Å². The number of hydrogen-bond acceptors (Lipinski definition) is 2. The highest BCUT2D eigenvalue weighted by Gasteiger charge is 2.24. The maximum absolute atomic E-state index is 8.29. The van der Waals surface area contributed by atoms with Crippen LogP contribution in [-0.2, 0) is 0 Å². The van der Waals surface area contributed by atoms with Gasteiger partial charge in [0.1, 0.15) is 0 Å². The van der Waals surface area contributed by atoms with Crippen LogP contribution >= 0.6 is 0 Å². The number of nitrogens with zero attached hydrogens (tertiary/aromatic N) is 5. The Labute approximate surface area is 300 Å². The second-order valence-electron chi connectivity index (χ2n) is 12.9. The molecule has 0 spiro atoms. The fraction of sp³-hybridized carbons (Fsp3) is 0. The van der Waals surface area contributed by atoms with Crippen LogP contribution in [0.2, 0.25) is 0 Å². The van der Waals surface area contributed by atoms with Crippen molar-refractivity contribution in [3.8, 4) is 45.3 Å². The van der Waals surface area contributed by atoms with E-state index in [0.717, 1.165) is 60.9 Å². The van der Waals surface area contributed by atoms with Crippen LogP contribution in [0.1, 0.15) is 0 Å². The lowest BCUT2D eigenvalue weighted by Gasteiger charge is -2.13. The maximum Gasteiger partial charge on any atom is 0.238 e. The molecule has 52 heavy (non-hydrogen) atoms. The summed E-state index contributed by atoms with van der Waals surface area (Å²) in [4.78, 5) is 14.5. The minimum absolute atomic E-state index is 0.439. The zero-order chi connectivity index (χ0) is 34.6. The summed E-state index contributed by atoms with van der Waals surface area (Å²) >= 11 is 0. The summed E-state index contributed by atoms with van der Waals surface area (Å²) < 4.78 is 4.71. The molecule has 0 N–H and O–H groups in total. The molecule has 5 heteroatoms. The summed E-state index contributed by atoms with van der Waals surface area (Å²) in [6.45, 7) is 8.29. The molecule has 10 rings (SSSR count). The SMILES string of the molecule is [C-]#[N+]c1c(-c2ccccc2)nc(-c2cccc3c2c2cc4c(cc2n3-c2ccccc2)c2ccccc2n4-c2ccccc2)nc1-c1ccccc1. The summed E-state index contributed by atoms with van der Waals surface area (Å²) in [5.74, 6) is 0.575. The van der Waals surface area contributed by atoms with Crippen LogP contribution in [0.3, 0.4) is 0 Å². The summed E-state index contributed by atoms with van der Waals surface area (Å²) in [6, 6.07) is 60.8. The molecule has 10 aromatic rings. The second-order valence-corrected chi connectivity index (χ2v) is 12.9. The van der Waals surface area contributed by atoms with Gasteiger partial charge in [-0.1, -0.05) is 127 Å².